The SMILES string of the molecule is Cc1ccc(C(=O)N[C@@H](C)C(=O)NCCc2ccccc2)c(Cl)c1. The molecule has 0 heterocycles. The van der Waals surface area contributed by atoms with E-state index < -0.39 is 6.04 Å². The summed E-state index contributed by atoms with van der Waals surface area (Å²) in [6.45, 7) is 4.07. The monoisotopic (exact) mass is 344 g/mol. The molecule has 2 aromatic carbocycles. The van der Waals surface area contributed by atoms with Crippen molar-refractivity contribution < 1.29 is 9.59 Å². The van der Waals surface area contributed by atoms with Gasteiger partial charge in [-0.05, 0) is 43.5 Å². The Morgan fingerprint density at radius 2 is 1.83 bits per heavy atom. The number of aryl methyl sites for hydroxylation is 1. The molecule has 2 amide bonds. The number of hydrogen-bond acceptors (Lipinski definition) is 2. The van der Waals surface area contributed by atoms with Gasteiger partial charge in [0, 0.05) is 6.54 Å². The van der Waals surface area contributed by atoms with Crippen LogP contribution in [-0.4, -0.2) is 24.4 Å². The van der Waals surface area contributed by atoms with E-state index in [2.05, 4.69) is 10.6 Å². The van der Waals surface area contributed by atoms with E-state index in [4.69, 9.17) is 11.6 Å². The van der Waals surface area contributed by atoms with Crippen molar-refractivity contribution in [2.24, 2.45) is 0 Å². The van der Waals surface area contributed by atoms with Crippen molar-refractivity contribution >= 4 is 23.4 Å². The Balaban J connectivity index is 1.83. The highest BCUT2D eigenvalue weighted by molar-refractivity contribution is 6.34. The molecule has 2 rings (SSSR count). The molecule has 0 aromatic heterocycles. The predicted octanol–water partition coefficient (Wildman–Crippen LogP) is 3.13. The van der Waals surface area contributed by atoms with Crippen LogP contribution < -0.4 is 10.6 Å². The summed E-state index contributed by atoms with van der Waals surface area (Å²) in [6.07, 6.45) is 0.747. The van der Waals surface area contributed by atoms with Crippen LogP contribution in [0.25, 0.3) is 0 Å². The van der Waals surface area contributed by atoms with Crippen LogP contribution >= 0.6 is 11.6 Å². The Hall–Kier alpha value is -2.33. The Bertz CT molecular complexity index is 717. The Morgan fingerprint density at radius 1 is 1.12 bits per heavy atom. The molecule has 0 unspecified atom stereocenters. The van der Waals surface area contributed by atoms with Crippen LogP contribution in [0.3, 0.4) is 0 Å². The van der Waals surface area contributed by atoms with E-state index in [1.54, 1.807) is 19.1 Å². The molecule has 0 aliphatic heterocycles. The molecular weight excluding hydrogens is 324 g/mol. The van der Waals surface area contributed by atoms with Crippen molar-refractivity contribution in [1.82, 2.24) is 10.6 Å². The number of halogens is 1. The van der Waals surface area contributed by atoms with Crippen molar-refractivity contribution in [3.63, 3.8) is 0 Å². The lowest BCUT2D eigenvalue weighted by Crippen LogP contribution is -2.45. The van der Waals surface area contributed by atoms with E-state index in [1.165, 1.54) is 0 Å². The highest BCUT2D eigenvalue weighted by Gasteiger charge is 2.17. The first-order chi connectivity index (χ1) is 11.5. The van der Waals surface area contributed by atoms with Crippen molar-refractivity contribution in [1.29, 1.82) is 0 Å². The van der Waals surface area contributed by atoms with E-state index in [0.29, 0.717) is 17.1 Å². The fourth-order valence-electron chi connectivity index (χ4n) is 2.27. The predicted molar refractivity (Wildman–Crippen MR) is 96.3 cm³/mol. The third-order valence-corrected chi connectivity index (χ3v) is 3.98. The molecule has 2 N–H and O–H groups in total. The van der Waals surface area contributed by atoms with Crippen molar-refractivity contribution in [3.05, 3.63) is 70.2 Å². The molecule has 5 heteroatoms. The number of carbonyl (C=O) groups is 2. The lowest BCUT2D eigenvalue weighted by Gasteiger charge is -2.15. The summed E-state index contributed by atoms with van der Waals surface area (Å²) >= 11 is 6.08. The highest BCUT2D eigenvalue weighted by Crippen LogP contribution is 2.17. The van der Waals surface area contributed by atoms with Crippen LogP contribution in [0.4, 0.5) is 0 Å². The van der Waals surface area contributed by atoms with Gasteiger partial charge in [-0.2, -0.15) is 0 Å². The minimum absolute atomic E-state index is 0.220. The molecule has 126 valence electrons. The van der Waals surface area contributed by atoms with Crippen LogP contribution in [0, 0.1) is 6.92 Å². The standard InChI is InChI=1S/C19H21ClN2O2/c1-13-8-9-16(17(20)12-13)19(24)22-14(2)18(23)21-11-10-15-6-4-3-5-7-15/h3-9,12,14H,10-11H2,1-2H3,(H,21,23)(H,22,24)/t14-/m0/s1. The maximum atomic E-state index is 12.2. The maximum Gasteiger partial charge on any atom is 0.253 e. The zero-order chi connectivity index (χ0) is 17.5. The first kappa shape index (κ1) is 18.0. The van der Waals surface area contributed by atoms with Crippen LogP contribution in [0.15, 0.2) is 48.5 Å². The summed E-state index contributed by atoms with van der Waals surface area (Å²) in [6, 6.07) is 14.5. The quantitative estimate of drug-likeness (QED) is 0.845. The van der Waals surface area contributed by atoms with E-state index in [1.807, 2.05) is 43.3 Å². The molecule has 24 heavy (non-hydrogen) atoms. The van der Waals surface area contributed by atoms with Crippen molar-refractivity contribution in [2.45, 2.75) is 26.3 Å². The van der Waals surface area contributed by atoms with Gasteiger partial charge in [0.15, 0.2) is 0 Å². The van der Waals surface area contributed by atoms with E-state index >= 15 is 0 Å². The smallest absolute Gasteiger partial charge is 0.253 e. The second-order valence-electron chi connectivity index (χ2n) is 5.71. The van der Waals surface area contributed by atoms with Crippen LogP contribution in [0.2, 0.25) is 5.02 Å². The number of hydrogen-bond donors (Lipinski definition) is 2. The van der Waals surface area contributed by atoms with Gasteiger partial charge in [0.05, 0.1) is 10.6 Å². The molecular formula is C19H21ClN2O2. The van der Waals surface area contributed by atoms with Gasteiger partial charge in [0.1, 0.15) is 6.04 Å². The molecule has 1 atom stereocenters. The number of nitrogens with one attached hydrogen (secondary N) is 2. The largest absolute Gasteiger partial charge is 0.354 e. The maximum absolute atomic E-state index is 12.2. The Kier molecular flexibility index (Phi) is 6.38. The van der Waals surface area contributed by atoms with Gasteiger partial charge < -0.3 is 10.6 Å². The number of carbonyl (C=O) groups excluding carboxylic acids is 2. The van der Waals surface area contributed by atoms with Gasteiger partial charge >= 0.3 is 0 Å². The summed E-state index contributed by atoms with van der Waals surface area (Å²) in [7, 11) is 0. The second-order valence-corrected chi connectivity index (χ2v) is 6.11. The Morgan fingerprint density at radius 3 is 2.50 bits per heavy atom. The summed E-state index contributed by atoms with van der Waals surface area (Å²) in [4.78, 5) is 24.3. The third kappa shape index (κ3) is 5.10. The zero-order valence-corrected chi connectivity index (χ0v) is 14.6. The molecule has 0 saturated heterocycles. The summed E-state index contributed by atoms with van der Waals surface area (Å²) < 4.78 is 0. The normalized spacial score (nSPS) is 11.6. The third-order valence-electron chi connectivity index (χ3n) is 3.67. The summed E-state index contributed by atoms with van der Waals surface area (Å²) in [5, 5.41) is 5.87. The molecule has 0 fully saturated rings. The first-order valence-corrected chi connectivity index (χ1v) is 8.24. The summed E-state index contributed by atoms with van der Waals surface area (Å²) in [5.41, 5.74) is 2.50. The molecule has 0 spiro atoms. The number of amides is 2. The lowest BCUT2D eigenvalue weighted by atomic mass is 10.1. The fraction of sp³-hybridized carbons (Fsp3) is 0.263. The van der Waals surface area contributed by atoms with Crippen LogP contribution in [0.1, 0.15) is 28.4 Å². The fourth-order valence-corrected chi connectivity index (χ4v) is 2.59. The zero-order valence-electron chi connectivity index (χ0n) is 13.8. The average Bonchev–Trinajstić information content (AvgIpc) is 2.55. The number of rotatable bonds is 6. The second kappa shape index (κ2) is 8.50. The Labute approximate surface area is 147 Å². The molecule has 4 nitrogen and oxygen atoms in total. The number of benzene rings is 2. The van der Waals surface area contributed by atoms with Gasteiger partial charge in [-0.15, -0.1) is 0 Å². The van der Waals surface area contributed by atoms with Gasteiger partial charge in [0.2, 0.25) is 5.91 Å². The van der Waals surface area contributed by atoms with E-state index in [-0.39, 0.29) is 11.8 Å². The van der Waals surface area contributed by atoms with E-state index in [9.17, 15) is 9.59 Å². The summed E-state index contributed by atoms with van der Waals surface area (Å²) in [5.74, 6) is -0.576. The van der Waals surface area contributed by atoms with Crippen molar-refractivity contribution in [2.75, 3.05) is 6.54 Å². The van der Waals surface area contributed by atoms with Gasteiger partial charge in [-0.3, -0.25) is 9.59 Å². The topological polar surface area (TPSA) is 58.2 Å². The lowest BCUT2D eigenvalue weighted by molar-refractivity contribution is -0.122. The van der Waals surface area contributed by atoms with E-state index in [0.717, 1.165) is 17.5 Å². The van der Waals surface area contributed by atoms with Gasteiger partial charge in [-0.1, -0.05) is 48.0 Å². The van der Waals surface area contributed by atoms with Gasteiger partial charge in [0.25, 0.3) is 5.91 Å². The van der Waals surface area contributed by atoms with Gasteiger partial charge in [-0.25, -0.2) is 0 Å². The molecule has 0 radical (unpaired) electrons. The molecule has 2 aromatic rings. The highest BCUT2D eigenvalue weighted by atomic mass is 35.5. The molecule has 0 saturated carbocycles. The first-order valence-electron chi connectivity index (χ1n) is 7.86. The van der Waals surface area contributed by atoms with Crippen molar-refractivity contribution in [3.8, 4) is 0 Å². The van der Waals surface area contributed by atoms with Crippen LogP contribution in [0.5, 0.6) is 0 Å². The molecule has 0 aliphatic carbocycles. The molecule has 0 bridgehead atoms. The molecule has 0 aliphatic rings. The average molecular weight is 345 g/mol. The minimum atomic E-state index is -0.634. The van der Waals surface area contributed by atoms with Crippen LogP contribution in [-0.2, 0) is 11.2 Å². The minimum Gasteiger partial charge on any atom is -0.354 e.